The van der Waals surface area contributed by atoms with Gasteiger partial charge in [-0.25, -0.2) is 4.98 Å². The third kappa shape index (κ3) is 4.95. The number of hydrogen-bond donors (Lipinski definition) is 2. The highest BCUT2D eigenvalue weighted by molar-refractivity contribution is 5.40. The molecule has 1 saturated heterocycles. The van der Waals surface area contributed by atoms with Crippen LogP contribution in [0.1, 0.15) is 32.6 Å². The molecule has 5 nitrogen and oxygen atoms in total. The van der Waals surface area contributed by atoms with Gasteiger partial charge in [-0.3, -0.25) is 0 Å². The summed E-state index contributed by atoms with van der Waals surface area (Å²) in [5.41, 5.74) is 0.735. The van der Waals surface area contributed by atoms with Gasteiger partial charge in [0.15, 0.2) is 0 Å². The van der Waals surface area contributed by atoms with Crippen LogP contribution >= 0.6 is 0 Å². The van der Waals surface area contributed by atoms with Crippen LogP contribution in [0.15, 0.2) is 18.2 Å². The van der Waals surface area contributed by atoms with Gasteiger partial charge in [0.1, 0.15) is 11.9 Å². The van der Waals surface area contributed by atoms with Crippen molar-refractivity contribution in [2.24, 2.45) is 0 Å². The number of piperazine rings is 1. The van der Waals surface area contributed by atoms with Gasteiger partial charge in [0.25, 0.3) is 0 Å². The zero-order chi connectivity index (χ0) is 15.5. The van der Waals surface area contributed by atoms with Gasteiger partial charge in [-0.15, -0.1) is 0 Å². The molecule has 1 aliphatic heterocycles. The second kappa shape index (κ2) is 6.73. The summed E-state index contributed by atoms with van der Waals surface area (Å²) in [7, 11) is 2.14. The molecule has 0 radical (unpaired) electrons. The summed E-state index contributed by atoms with van der Waals surface area (Å²) in [6, 6.07) is 5.91. The average Bonchev–Trinajstić information content (AvgIpc) is 2.45. The molecule has 5 heteroatoms. The number of aliphatic hydroxyl groups is 1. The molecule has 1 aromatic rings. The van der Waals surface area contributed by atoms with E-state index in [2.05, 4.69) is 47.9 Å². The van der Waals surface area contributed by atoms with Crippen LogP contribution in [0, 0.1) is 0 Å². The summed E-state index contributed by atoms with van der Waals surface area (Å²) in [6.07, 6.45) is -0.573. The third-order valence-electron chi connectivity index (χ3n) is 3.75. The minimum atomic E-state index is -0.573. The van der Waals surface area contributed by atoms with Gasteiger partial charge < -0.3 is 20.2 Å². The molecular formula is C16H28N4O. The number of β-amino-alcohol motifs (C(OH)–C–C–N with tert-alkyl or cyclic N) is 1. The van der Waals surface area contributed by atoms with Crippen LogP contribution in [0.2, 0.25) is 0 Å². The number of hydrogen-bond acceptors (Lipinski definition) is 5. The van der Waals surface area contributed by atoms with Crippen LogP contribution in [0.3, 0.4) is 0 Å². The third-order valence-corrected chi connectivity index (χ3v) is 3.75. The molecule has 2 N–H and O–H groups in total. The van der Waals surface area contributed by atoms with Gasteiger partial charge in [0, 0.05) is 38.3 Å². The lowest BCUT2D eigenvalue weighted by Crippen LogP contribution is -2.45. The molecule has 0 bridgehead atoms. The first-order valence-corrected chi connectivity index (χ1v) is 7.69. The number of pyridine rings is 1. The topological polar surface area (TPSA) is 51.6 Å². The molecule has 2 rings (SSSR count). The number of nitrogens with one attached hydrogen (secondary N) is 1. The second-order valence-corrected chi connectivity index (χ2v) is 6.86. The van der Waals surface area contributed by atoms with Crippen LogP contribution < -0.4 is 10.2 Å². The van der Waals surface area contributed by atoms with Crippen molar-refractivity contribution < 1.29 is 5.11 Å². The maximum atomic E-state index is 10.3. The normalized spacial score (nSPS) is 18.8. The SMILES string of the molecule is CN1CCN(c2cccc([C@H](O)CNC(C)(C)C)n2)CC1. The Morgan fingerprint density at radius 3 is 2.52 bits per heavy atom. The quantitative estimate of drug-likeness (QED) is 0.875. The predicted molar refractivity (Wildman–Crippen MR) is 86.7 cm³/mol. The van der Waals surface area contributed by atoms with E-state index in [1.165, 1.54) is 0 Å². The van der Waals surface area contributed by atoms with E-state index in [9.17, 15) is 5.11 Å². The molecule has 21 heavy (non-hydrogen) atoms. The highest BCUT2D eigenvalue weighted by Crippen LogP contribution is 2.17. The van der Waals surface area contributed by atoms with Crippen molar-refractivity contribution in [3.05, 3.63) is 23.9 Å². The fourth-order valence-corrected chi connectivity index (χ4v) is 2.34. The molecule has 1 aliphatic rings. The molecule has 0 aromatic carbocycles. The second-order valence-electron chi connectivity index (χ2n) is 6.86. The maximum absolute atomic E-state index is 10.3. The monoisotopic (exact) mass is 292 g/mol. The molecule has 0 saturated carbocycles. The molecule has 0 amide bonds. The van der Waals surface area contributed by atoms with E-state index in [0.717, 1.165) is 37.7 Å². The van der Waals surface area contributed by atoms with Crippen LogP contribution in [0.5, 0.6) is 0 Å². The van der Waals surface area contributed by atoms with E-state index in [4.69, 9.17) is 0 Å². The van der Waals surface area contributed by atoms with Gasteiger partial charge in [-0.05, 0) is 40.0 Å². The number of aliphatic hydroxyl groups excluding tert-OH is 1. The van der Waals surface area contributed by atoms with E-state index in [1.807, 2.05) is 18.2 Å². The summed E-state index contributed by atoms with van der Waals surface area (Å²) in [5.74, 6) is 0.968. The number of nitrogens with zero attached hydrogens (tertiary/aromatic N) is 3. The lowest BCUT2D eigenvalue weighted by molar-refractivity contribution is 0.159. The number of rotatable bonds is 4. The highest BCUT2D eigenvalue weighted by atomic mass is 16.3. The molecule has 1 atom stereocenters. The summed E-state index contributed by atoms with van der Waals surface area (Å²) in [5, 5.41) is 13.6. The Bertz CT molecular complexity index is 450. The Kier molecular flexibility index (Phi) is 5.19. The minimum absolute atomic E-state index is 0.00392. The summed E-state index contributed by atoms with van der Waals surface area (Å²) in [4.78, 5) is 9.25. The maximum Gasteiger partial charge on any atom is 0.129 e. The molecular weight excluding hydrogens is 264 g/mol. The molecule has 118 valence electrons. The molecule has 1 fully saturated rings. The standard InChI is InChI=1S/C16H28N4O/c1-16(2,3)17-12-14(21)13-6-5-7-15(18-13)20-10-8-19(4)9-11-20/h5-7,14,17,21H,8-12H2,1-4H3/t14-/m1/s1. The van der Waals surface area contributed by atoms with Crippen LogP contribution in [0.4, 0.5) is 5.82 Å². The van der Waals surface area contributed by atoms with Gasteiger partial charge in [0.05, 0.1) is 5.69 Å². The Morgan fingerprint density at radius 2 is 1.90 bits per heavy atom. The van der Waals surface area contributed by atoms with E-state index in [-0.39, 0.29) is 5.54 Å². The first kappa shape index (κ1) is 16.2. The molecule has 0 spiro atoms. The van der Waals surface area contributed by atoms with Gasteiger partial charge in [-0.1, -0.05) is 6.07 Å². The van der Waals surface area contributed by atoms with Crippen molar-refractivity contribution >= 4 is 5.82 Å². The summed E-state index contributed by atoms with van der Waals surface area (Å²) >= 11 is 0. The van der Waals surface area contributed by atoms with Crippen LogP contribution in [0.25, 0.3) is 0 Å². The van der Waals surface area contributed by atoms with Gasteiger partial charge >= 0.3 is 0 Å². The zero-order valence-corrected chi connectivity index (χ0v) is 13.6. The van der Waals surface area contributed by atoms with Crippen LogP contribution in [-0.2, 0) is 0 Å². The van der Waals surface area contributed by atoms with Crippen molar-refractivity contribution in [2.45, 2.75) is 32.4 Å². The zero-order valence-electron chi connectivity index (χ0n) is 13.6. The molecule has 0 unspecified atom stereocenters. The van der Waals surface area contributed by atoms with E-state index < -0.39 is 6.10 Å². The molecule has 0 aliphatic carbocycles. The van der Waals surface area contributed by atoms with E-state index >= 15 is 0 Å². The smallest absolute Gasteiger partial charge is 0.129 e. The highest BCUT2D eigenvalue weighted by Gasteiger charge is 2.18. The van der Waals surface area contributed by atoms with Crippen molar-refractivity contribution in [3.63, 3.8) is 0 Å². The molecule has 1 aromatic heterocycles. The first-order valence-electron chi connectivity index (χ1n) is 7.69. The lowest BCUT2D eigenvalue weighted by Gasteiger charge is -2.33. The van der Waals surface area contributed by atoms with E-state index in [1.54, 1.807) is 0 Å². The van der Waals surface area contributed by atoms with Gasteiger partial charge in [-0.2, -0.15) is 0 Å². The Morgan fingerprint density at radius 1 is 1.24 bits per heavy atom. The average molecular weight is 292 g/mol. The largest absolute Gasteiger partial charge is 0.385 e. The first-order chi connectivity index (χ1) is 9.85. The van der Waals surface area contributed by atoms with Crippen molar-refractivity contribution in [3.8, 4) is 0 Å². The number of aromatic nitrogens is 1. The van der Waals surface area contributed by atoms with Gasteiger partial charge in [0.2, 0.25) is 0 Å². The minimum Gasteiger partial charge on any atom is -0.385 e. The lowest BCUT2D eigenvalue weighted by atomic mass is 10.1. The fraction of sp³-hybridized carbons (Fsp3) is 0.688. The van der Waals surface area contributed by atoms with E-state index in [0.29, 0.717) is 6.54 Å². The fourth-order valence-electron chi connectivity index (χ4n) is 2.34. The summed E-state index contributed by atoms with van der Waals surface area (Å²) < 4.78 is 0. The summed E-state index contributed by atoms with van der Waals surface area (Å²) in [6.45, 7) is 10.9. The molecule has 2 heterocycles. The Balaban J connectivity index is 2.00. The van der Waals surface area contributed by atoms with Crippen molar-refractivity contribution in [1.82, 2.24) is 15.2 Å². The van der Waals surface area contributed by atoms with Crippen LogP contribution in [-0.4, -0.2) is 60.3 Å². The Hall–Kier alpha value is -1.17. The number of likely N-dealkylation sites (N-methyl/N-ethyl adjacent to an activating group) is 1. The predicted octanol–water partition coefficient (Wildman–Crippen LogP) is 1.25. The number of anilines is 1. The van der Waals surface area contributed by atoms with Crippen molar-refractivity contribution in [1.29, 1.82) is 0 Å². The Labute approximate surface area is 128 Å². The van der Waals surface area contributed by atoms with Crippen molar-refractivity contribution in [2.75, 3.05) is 44.7 Å².